The molecule has 0 bridgehead atoms. The number of carbonyl (C=O) groups excluding carboxylic acids is 2. The molecular weight excluding hydrogens is 502 g/mol. The summed E-state index contributed by atoms with van der Waals surface area (Å²) in [6.45, 7) is 4.39. The van der Waals surface area contributed by atoms with Crippen molar-refractivity contribution in [3.63, 3.8) is 0 Å². The molecule has 8 nitrogen and oxygen atoms in total. The number of rotatable bonds is 13. The minimum atomic E-state index is -3.57. The number of carbonyl (C=O) groups is 2. The first kappa shape index (κ1) is 29.5. The summed E-state index contributed by atoms with van der Waals surface area (Å²) < 4.78 is 31.6. The predicted octanol–water partition coefficient (Wildman–Crippen LogP) is 4.42. The summed E-state index contributed by atoms with van der Waals surface area (Å²) in [7, 11) is -2.05. The topological polar surface area (TPSA) is 96.0 Å². The summed E-state index contributed by atoms with van der Waals surface area (Å²) in [5.74, 6) is 0.266. The van der Waals surface area contributed by atoms with Gasteiger partial charge in [0.1, 0.15) is 11.8 Å². The Balaban J connectivity index is 1.75. The van der Waals surface area contributed by atoms with Gasteiger partial charge in [-0.2, -0.15) is 0 Å². The van der Waals surface area contributed by atoms with Gasteiger partial charge in [0.2, 0.25) is 21.8 Å². The van der Waals surface area contributed by atoms with Crippen molar-refractivity contribution in [3.8, 4) is 5.75 Å². The summed E-state index contributed by atoms with van der Waals surface area (Å²) in [6.07, 6.45) is 6.24. The second-order valence-corrected chi connectivity index (χ2v) is 12.0. The molecule has 0 aromatic heterocycles. The second-order valence-electron chi connectivity index (χ2n) is 10.1. The third-order valence-electron chi connectivity index (χ3n) is 7.05. The third-order valence-corrected chi connectivity index (χ3v) is 8.25. The van der Waals surface area contributed by atoms with E-state index in [-0.39, 0.29) is 30.8 Å². The number of benzene rings is 2. The van der Waals surface area contributed by atoms with Crippen LogP contribution in [0.5, 0.6) is 5.75 Å². The Morgan fingerprint density at radius 2 is 1.79 bits per heavy atom. The Morgan fingerprint density at radius 1 is 1.11 bits per heavy atom. The number of nitrogens with zero attached hydrogens (tertiary/aromatic N) is 2. The monoisotopic (exact) mass is 543 g/mol. The van der Waals surface area contributed by atoms with Gasteiger partial charge in [-0.25, -0.2) is 8.42 Å². The number of anilines is 1. The SMILES string of the molecule is CC[C@@H](C(=O)NC1CCCC1)N(Cc1ccc(C)cc1)C(=O)CCCN(c1cccc(OC)c1)S(C)(=O)=O. The van der Waals surface area contributed by atoms with Crippen molar-refractivity contribution in [1.82, 2.24) is 10.2 Å². The van der Waals surface area contributed by atoms with Crippen LogP contribution in [0.1, 0.15) is 63.0 Å². The fourth-order valence-corrected chi connectivity index (χ4v) is 5.90. The minimum absolute atomic E-state index is 0.117. The van der Waals surface area contributed by atoms with E-state index in [0.29, 0.717) is 30.8 Å². The molecule has 3 rings (SSSR count). The molecule has 1 saturated carbocycles. The van der Waals surface area contributed by atoms with Gasteiger partial charge >= 0.3 is 0 Å². The molecule has 1 N–H and O–H groups in total. The number of sulfonamides is 1. The van der Waals surface area contributed by atoms with Crippen molar-refractivity contribution in [2.75, 3.05) is 24.2 Å². The first-order valence-electron chi connectivity index (χ1n) is 13.4. The summed E-state index contributed by atoms with van der Waals surface area (Å²) in [5, 5.41) is 3.15. The van der Waals surface area contributed by atoms with E-state index in [2.05, 4.69) is 5.32 Å². The van der Waals surface area contributed by atoms with Crippen LogP contribution in [-0.4, -0.2) is 57.1 Å². The zero-order valence-electron chi connectivity index (χ0n) is 23.0. The molecule has 1 aliphatic carbocycles. The van der Waals surface area contributed by atoms with E-state index in [1.165, 1.54) is 11.4 Å². The van der Waals surface area contributed by atoms with Gasteiger partial charge < -0.3 is 15.0 Å². The van der Waals surface area contributed by atoms with Crippen molar-refractivity contribution >= 4 is 27.5 Å². The largest absolute Gasteiger partial charge is 0.497 e. The van der Waals surface area contributed by atoms with E-state index in [1.807, 2.05) is 38.1 Å². The van der Waals surface area contributed by atoms with Gasteiger partial charge in [-0.05, 0) is 50.3 Å². The van der Waals surface area contributed by atoms with Crippen LogP contribution < -0.4 is 14.4 Å². The molecule has 0 saturated heterocycles. The Labute approximate surface area is 227 Å². The third kappa shape index (κ3) is 8.21. The summed E-state index contributed by atoms with van der Waals surface area (Å²) in [4.78, 5) is 28.5. The second kappa shape index (κ2) is 13.6. The molecule has 1 atom stereocenters. The highest BCUT2D eigenvalue weighted by Crippen LogP contribution is 2.24. The van der Waals surface area contributed by atoms with E-state index in [1.54, 1.807) is 29.2 Å². The maximum atomic E-state index is 13.6. The molecule has 38 heavy (non-hydrogen) atoms. The molecule has 2 aromatic rings. The lowest BCUT2D eigenvalue weighted by atomic mass is 10.1. The summed E-state index contributed by atoms with van der Waals surface area (Å²) in [5.41, 5.74) is 2.56. The van der Waals surface area contributed by atoms with Gasteiger partial charge in [0.05, 0.1) is 19.1 Å². The van der Waals surface area contributed by atoms with Crippen LogP contribution >= 0.6 is 0 Å². The molecule has 0 heterocycles. The minimum Gasteiger partial charge on any atom is -0.497 e. The van der Waals surface area contributed by atoms with Crippen LogP contribution in [0.3, 0.4) is 0 Å². The predicted molar refractivity (Wildman–Crippen MR) is 151 cm³/mol. The van der Waals surface area contributed by atoms with E-state index < -0.39 is 16.1 Å². The molecule has 0 unspecified atom stereocenters. The van der Waals surface area contributed by atoms with Gasteiger partial charge in [-0.3, -0.25) is 13.9 Å². The van der Waals surface area contributed by atoms with Crippen molar-refractivity contribution in [3.05, 3.63) is 59.7 Å². The van der Waals surface area contributed by atoms with Gasteiger partial charge in [-0.15, -0.1) is 0 Å². The zero-order valence-corrected chi connectivity index (χ0v) is 23.8. The number of ether oxygens (including phenoxy) is 1. The molecule has 0 aliphatic heterocycles. The van der Waals surface area contributed by atoms with Gasteiger partial charge in [0.25, 0.3) is 0 Å². The van der Waals surface area contributed by atoms with Crippen LogP contribution in [0, 0.1) is 6.92 Å². The average Bonchev–Trinajstić information content (AvgIpc) is 3.39. The van der Waals surface area contributed by atoms with Crippen molar-refractivity contribution < 1.29 is 22.7 Å². The number of aryl methyl sites for hydroxylation is 1. The number of hydrogen-bond acceptors (Lipinski definition) is 5. The molecule has 0 spiro atoms. The van der Waals surface area contributed by atoms with E-state index >= 15 is 0 Å². The Bertz CT molecular complexity index is 1180. The average molecular weight is 544 g/mol. The van der Waals surface area contributed by atoms with Crippen LogP contribution in [0.25, 0.3) is 0 Å². The lowest BCUT2D eigenvalue weighted by Crippen LogP contribution is -2.51. The van der Waals surface area contributed by atoms with Gasteiger partial charge in [-0.1, -0.05) is 55.7 Å². The fraction of sp³-hybridized carbons (Fsp3) is 0.517. The highest BCUT2D eigenvalue weighted by Gasteiger charge is 2.30. The van der Waals surface area contributed by atoms with E-state index in [0.717, 1.165) is 43.1 Å². The van der Waals surface area contributed by atoms with E-state index in [9.17, 15) is 18.0 Å². The molecule has 1 aliphatic rings. The van der Waals surface area contributed by atoms with Gasteiger partial charge in [0.15, 0.2) is 0 Å². The first-order valence-corrected chi connectivity index (χ1v) is 15.2. The van der Waals surface area contributed by atoms with Crippen LogP contribution in [-0.2, 0) is 26.2 Å². The van der Waals surface area contributed by atoms with Crippen LogP contribution in [0.2, 0.25) is 0 Å². The maximum absolute atomic E-state index is 13.6. The van der Waals surface area contributed by atoms with E-state index in [4.69, 9.17) is 4.74 Å². The van der Waals surface area contributed by atoms with Gasteiger partial charge in [0, 0.05) is 31.6 Å². The number of nitrogens with one attached hydrogen (secondary N) is 1. The molecule has 208 valence electrons. The summed E-state index contributed by atoms with van der Waals surface area (Å²) in [6, 6.07) is 14.4. The van der Waals surface area contributed by atoms with Crippen molar-refractivity contribution in [2.24, 2.45) is 0 Å². The van der Waals surface area contributed by atoms with Crippen LogP contribution in [0.15, 0.2) is 48.5 Å². The molecular formula is C29H41N3O5S. The Hall–Kier alpha value is -3.07. The molecule has 2 aromatic carbocycles. The lowest BCUT2D eigenvalue weighted by molar-refractivity contribution is -0.141. The lowest BCUT2D eigenvalue weighted by Gasteiger charge is -2.32. The number of methoxy groups -OCH3 is 1. The smallest absolute Gasteiger partial charge is 0.243 e. The molecule has 9 heteroatoms. The quantitative estimate of drug-likeness (QED) is 0.404. The Morgan fingerprint density at radius 3 is 2.39 bits per heavy atom. The number of amides is 2. The van der Waals surface area contributed by atoms with Crippen molar-refractivity contribution in [1.29, 1.82) is 0 Å². The first-order chi connectivity index (χ1) is 18.1. The standard InChI is InChI=1S/C29H41N3O5S/c1-5-27(29(34)30-24-10-6-7-11-24)31(21-23-17-15-22(2)16-18-23)28(33)14-9-19-32(38(4,35)36)25-12-8-13-26(20-25)37-3/h8,12-13,15-18,20,24,27H,5-7,9-11,14,19,21H2,1-4H3,(H,30,34)/t27-/m0/s1. The molecule has 0 radical (unpaired) electrons. The highest BCUT2D eigenvalue weighted by molar-refractivity contribution is 7.92. The highest BCUT2D eigenvalue weighted by atomic mass is 32.2. The maximum Gasteiger partial charge on any atom is 0.243 e. The fourth-order valence-electron chi connectivity index (χ4n) is 4.95. The summed E-state index contributed by atoms with van der Waals surface area (Å²) >= 11 is 0. The zero-order chi connectivity index (χ0) is 27.7. The number of hydrogen-bond donors (Lipinski definition) is 1. The normalized spacial score (nSPS) is 14.6. The van der Waals surface area contributed by atoms with Crippen LogP contribution in [0.4, 0.5) is 5.69 Å². The Kier molecular flexibility index (Phi) is 10.6. The van der Waals surface area contributed by atoms with Crippen molar-refractivity contribution in [2.45, 2.75) is 77.4 Å². The molecule has 1 fully saturated rings. The molecule has 2 amide bonds.